The van der Waals surface area contributed by atoms with Crippen molar-refractivity contribution in [2.75, 3.05) is 26.2 Å². The smallest absolute Gasteiger partial charge is 0.0443 e. The molecule has 0 aromatic carbocycles. The molecule has 0 bridgehead atoms. The Morgan fingerprint density at radius 1 is 1.17 bits per heavy atom. The van der Waals surface area contributed by atoms with Gasteiger partial charge in [-0.05, 0) is 32.4 Å². The molecule has 2 nitrogen and oxygen atoms in total. The van der Waals surface area contributed by atoms with E-state index in [1.165, 1.54) is 25.9 Å². The lowest BCUT2D eigenvalue weighted by molar-refractivity contribution is 0.248. The molecule has 76 valence electrons. The molecule has 0 amide bonds. The van der Waals surface area contributed by atoms with Crippen LogP contribution in [-0.2, 0) is 0 Å². The first-order valence-corrected chi connectivity index (χ1v) is 4.76. The Morgan fingerprint density at radius 2 is 1.67 bits per heavy atom. The van der Waals surface area contributed by atoms with Crippen LogP contribution in [0.5, 0.6) is 0 Å². The Morgan fingerprint density at radius 3 is 2.08 bits per heavy atom. The van der Waals surface area contributed by atoms with Crippen molar-refractivity contribution in [1.82, 2.24) is 4.90 Å². The summed E-state index contributed by atoms with van der Waals surface area (Å²) in [5.41, 5.74) is 0. The third kappa shape index (κ3) is 6.62. The maximum absolute atomic E-state index is 8.50. The molecular formula is C10H25NO. The molecule has 0 unspecified atom stereocenters. The zero-order valence-electron chi connectivity index (χ0n) is 7.84. The first-order chi connectivity index (χ1) is 5.43. The molecule has 0 aromatic rings. The van der Waals surface area contributed by atoms with Crippen LogP contribution in [0.15, 0.2) is 0 Å². The summed E-state index contributed by atoms with van der Waals surface area (Å²) in [5, 5.41) is 8.50. The van der Waals surface area contributed by atoms with E-state index in [1.54, 1.807) is 0 Å². The molecule has 0 atom stereocenters. The van der Waals surface area contributed by atoms with Crippen molar-refractivity contribution < 1.29 is 5.11 Å². The highest BCUT2D eigenvalue weighted by molar-refractivity contribution is 4.64. The molecule has 1 heterocycles. The third-order valence-electron chi connectivity index (χ3n) is 1.83. The van der Waals surface area contributed by atoms with Gasteiger partial charge in [0.05, 0.1) is 0 Å². The Hall–Kier alpha value is -0.0800. The van der Waals surface area contributed by atoms with Gasteiger partial charge >= 0.3 is 0 Å². The fourth-order valence-electron chi connectivity index (χ4n) is 1.30. The van der Waals surface area contributed by atoms with Gasteiger partial charge in [0.15, 0.2) is 0 Å². The second kappa shape index (κ2) is 10.9. The fourth-order valence-corrected chi connectivity index (χ4v) is 1.30. The number of aliphatic hydroxyl groups excluding tert-OH is 1. The maximum atomic E-state index is 8.50. The number of nitrogens with zero attached hydrogens (tertiary/aromatic N) is 1. The van der Waals surface area contributed by atoms with Crippen molar-refractivity contribution in [2.45, 2.75) is 40.5 Å². The lowest BCUT2D eigenvalue weighted by Gasteiger charge is -2.12. The van der Waals surface area contributed by atoms with Crippen molar-refractivity contribution in [3.63, 3.8) is 0 Å². The van der Waals surface area contributed by atoms with Crippen LogP contribution in [0.25, 0.3) is 0 Å². The quantitative estimate of drug-likeness (QED) is 0.710. The van der Waals surface area contributed by atoms with Crippen LogP contribution in [0, 0.1) is 0 Å². The topological polar surface area (TPSA) is 23.5 Å². The summed E-state index contributed by atoms with van der Waals surface area (Å²) in [5.74, 6) is 0. The molecular weight excluding hydrogens is 150 g/mol. The number of likely N-dealkylation sites (tertiary alicyclic amines) is 1. The van der Waals surface area contributed by atoms with E-state index in [9.17, 15) is 0 Å². The zero-order valence-corrected chi connectivity index (χ0v) is 7.84. The van der Waals surface area contributed by atoms with Crippen molar-refractivity contribution in [3.05, 3.63) is 0 Å². The minimum absolute atomic E-state index is 0. The van der Waals surface area contributed by atoms with Crippen LogP contribution in [0.2, 0.25) is 0 Å². The van der Waals surface area contributed by atoms with Gasteiger partial charge in [-0.1, -0.05) is 21.3 Å². The Labute approximate surface area is 77.6 Å². The van der Waals surface area contributed by atoms with Gasteiger partial charge in [-0.25, -0.2) is 0 Å². The second-order valence-corrected chi connectivity index (χ2v) is 2.63. The van der Waals surface area contributed by atoms with Gasteiger partial charge in [0, 0.05) is 13.2 Å². The molecule has 1 saturated heterocycles. The predicted octanol–water partition coefficient (Wildman–Crippen LogP) is 2.13. The van der Waals surface area contributed by atoms with Crippen LogP contribution in [0.4, 0.5) is 0 Å². The van der Waals surface area contributed by atoms with Gasteiger partial charge in [-0.2, -0.15) is 0 Å². The van der Waals surface area contributed by atoms with Gasteiger partial charge in [0.25, 0.3) is 0 Å². The lowest BCUT2D eigenvalue weighted by Crippen LogP contribution is -2.20. The highest BCUT2D eigenvalue weighted by atomic mass is 16.3. The zero-order chi connectivity index (χ0) is 8.53. The van der Waals surface area contributed by atoms with E-state index in [2.05, 4.69) is 4.90 Å². The summed E-state index contributed by atoms with van der Waals surface area (Å²) in [7, 11) is 0. The molecule has 1 rings (SSSR count). The largest absolute Gasteiger partial charge is 0.396 e. The van der Waals surface area contributed by atoms with Crippen LogP contribution < -0.4 is 0 Å². The Kier molecular flexibility index (Phi) is 13.1. The summed E-state index contributed by atoms with van der Waals surface area (Å²) in [4.78, 5) is 2.41. The molecule has 0 aliphatic carbocycles. The number of hydrogen-bond acceptors (Lipinski definition) is 2. The standard InChI is InChI=1S/C7H15NO.C2H6.CH4/c9-7-3-6-8-4-1-2-5-8;1-2;/h9H,1-7H2;1-2H3;1H4. The fraction of sp³-hybridized carbons (Fsp3) is 1.00. The van der Waals surface area contributed by atoms with Gasteiger partial charge in [-0.3, -0.25) is 0 Å². The van der Waals surface area contributed by atoms with E-state index >= 15 is 0 Å². The molecule has 0 radical (unpaired) electrons. The minimum atomic E-state index is 0. The number of aliphatic hydroxyl groups is 1. The molecule has 0 spiro atoms. The Bertz CT molecular complexity index is 70.2. The predicted molar refractivity (Wildman–Crippen MR) is 55.5 cm³/mol. The van der Waals surface area contributed by atoms with E-state index in [-0.39, 0.29) is 7.43 Å². The first-order valence-electron chi connectivity index (χ1n) is 4.76. The van der Waals surface area contributed by atoms with E-state index in [1.807, 2.05) is 13.8 Å². The average Bonchev–Trinajstić information content (AvgIpc) is 2.57. The summed E-state index contributed by atoms with van der Waals surface area (Å²) < 4.78 is 0. The number of hydrogen-bond donors (Lipinski definition) is 1. The van der Waals surface area contributed by atoms with Crippen molar-refractivity contribution in [2.24, 2.45) is 0 Å². The summed E-state index contributed by atoms with van der Waals surface area (Å²) in [6.45, 7) is 7.94. The van der Waals surface area contributed by atoms with Crippen molar-refractivity contribution in [3.8, 4) is 0 Å². The monoisotopic (exact) mass is 175 g/mol. The van der Waals surface area contributed by atoms with E-state index in [4.69, 9.17) is 5.11 Å². The molecule has 1 N–H and O–H groups in total. The molecule has 0 saturated carbocycles. The van der Waals surface area contributed by atoms with E-state index < -0.39 is 0 Å². The van der Waals surface area contributed by atoms with E-state index in [0.29, 0.717) is 6.61 Å². The third-order valence-corrected chi connectivity index (χ3v) is 1.83. The Balaban J connectivity index is 0. The molecule has 2 heteroatoms. The van der Waals surface area contributed by atoms with Crippen LogP contribution in [0.1, 0.15) is 40.5 Å². The normalized spacial score (nSPS) is 16.2. The van der Waals surface area contributed by atoms with Crippen LogP contribution in [-0.4, -0.2) is 36.2 Å². The van der Waals surface area contributed by atoms with Crippen molar-refractivity contribution >= 4 is 0 Å². The van der Waals surface area contributed by atoms with Crippen molar-refractivity contribution in [1.29, 1.82) is 0 Å². The minimum Gasteiger partial charge on any atom is -0.396 e. The molecule has 12 heavy (non-hydrogen) atoms. The first kappa shape index (κ1) is 14.4. The van der Waals surface area contributed by atoms with Crippen LogP contribution in [0.3, 0.4) is 0 Å². The molecule has 1 fully saturated rings. The van der Waals surface area contributed by atoms with Gasteiger partial charge in [0.1, 0.15) is 0 Å². The summed E-state index contributed by atoms with van der Waals surface area (Å²) >= 11 is 0. The van der Waals surface area contributed by atoms with Gasteiger partial charge < -0.3 is 10.0 Å². The summed E-state index contributed by atoms with van der Waals surface area (Å²) in [6.07, 6.45) is 3.65. The van der Waals surface area contributed by atoms with Crippen LogP contribution >= 0.6 is 0 Å². The molecule has 1 aliphatic heterocycles. The molecule has 1 aliphatic rings. The van der Waals surface area contributed by atoms with E-state index in [0.717, 1.165) is 13.0 Å². The SMILES string of the molecule is C.CC.OCCCN1CCCC1. The maximum Gasteiger partial charge on any atom is 0.0443 e. The second-order valence-electron chi connectivity index (χ2n) is 2.63. The number of rotatable bonds is 3. The molecule has 0 aromatic heterocycles. The lowest BCUT2D eigenvalue weighted by atomic mass is 10.4. The van der Waals surface area contributed by atoms with Gasteiger partial charge in [-0.15, -0.1) is 0 Å². The highest BCUT2D eigenvalue weighted by Crippen LogP contribution is 2.06. The summed E-state index contributed by atoms with van der Waals surface area (Å²) in [6, 6.07) is 0. The average molecular weight is 175 g/mol. The van der Waals surface area contributed by atoms with Gasteiger partial charge in [0.2, 0.25) is 0 Å². The highest BCUT2D eigenvalue weighted by Gasteiger charge is 2.09.